The highest BCUT2D eigenvalue weighted by atomic mass is 32.1. The van der Waals surface area contributed by atoms with Gasteiger partial charge in [0.1, 0.15) is 17.6 Å². The van der Waals surface area contributed by atoms with Gasteiger partial charge in [-0.05, 0) is 71.8 Å². The molecule has 3 heterocycles. The number of aliphatic hydroxyl groups excluding tert-OH is 1. The molecule has 1 aromatic heterocycles. The number of aromatic nitrogens is 1. The average Bonchev–Trinajstić information content (AvgIpc) is 3.55. The number of carbonyl (C=O) groups excluding carboxylic acids is 2. The maximum Gasteiger partial charge on any atom is 0.301 e. The van der Waals surface area contributed by atoms with Gasteiger partial charge in [0.05, 0.1) is 21.8 Å². The number of aryl methyl sites for hydroxylation is 1. The summed E-state index contributed by atoms with van der Waals surface area (Å²) in [5, 5.41) is 12.0. The van der Waals surface area contributed by atoms with Crippen LogP contribution in [0.1, 0.15) is 61.6 Å². The van der Waals surface area contributed by atoms with Crippen molar-refractivity contribution in [3.63, 3.8) is 0 Å². The van der Waals surface area contributed by atoms with Crippen LogP contribution in [0.3, 0.4) is 0 Å². The zero-order chi connectivity index (χ0) is 27.6. The van der Waals surface area contributed by atoms with E-state index in [9.17, 15) is 14.7 Å². The number of ether oxygens (including phenoxy) is 1. The number of carbonyl (C=O) groups is 2. The summed E-state index contributed by atoms with van der Waals surface area (Å²) in [5.74, 6) is -0.841. The minimum Gasteiger partial charge on any atom is -0.507 e. The quantitative estimate of drug-likeness (QED) is 0.175. The molecule has 7 heteroatoms. The highest BCUT2D eigenvalue weighted by molar-refractivity contribution is 7.22. The fraction of sp³-hybridized carbons (Fsp3) is 0.281. The summed E-state index contributed by atoms with van der Waals surface area (Å²) in [6.45, 7) is 10.4. The van der Waals surface area contributed by atoms with Crippen LogP contribution in [0.25, 0.3) is 16.0 Å². The molecular weight excluding hydrogens is 508 g/mol. The molecule has 0 radical (unpaired) electrons. The van der Waals surface area contributed by atoms with Crippen molar-refractivity contribution in [3.8, 4) is 5.75 Å². The van der Waals surface area contributed by atoms with Crippen LogP contribution in [0.2, 0.25) is 0 Å². The van der Waals surface area contributed by atoms with Crippen molar-refractivity contribution in [2.75, 3.05) is 4.90 Å². The van der Waals surface area contributed by atoms with Crippen LogP contribution in [0.15, 0.2) is 66.2 Å². The van der Waals surface area contributed by atoms with E-state index in [1.165, 1.54) is 16.2 Å². The number of Topliss-reactive ketones (excluding diaryl/α,β-unsaturated/α-hetero) is 1. The highest BCUT2D eigenvalue weighted by Crippen LogP contribution is 2.45. The Labute approximate surface area is 231 Å². The van der Waals surface area contributed by atoms with E-state index in [1.54, 1.807) is 6.07 Å². The van der Waals surface area contributed by atoms with Gasteiger partial charge in [0.25, 0.3) is 5.78 Å². The standard InChI is InChI=1S/C32H30N2O4S/c1-17-6-12-23-25(14-17)39-31(33-23)34-27(19-7-10-22(11-8-19)32(3,4)5)26(29(36)30(34)37)28(35)20-9-13-24-21(16-20)15-18(2)38-24/h6-14,16,18,27,35H,15H2,1-5H3/b28-26+/t18-,27+/m0/s1. The monoisotopic (exact) mass is 538 g/mol. The predicted molar refractivity (Wildman–Crippen MR) is 155 cm³/mol. The molecule has 2 aliphatic rings. The average molecular weight is 539 g/mol. The molecule has 0 saturated carbocycles. The molecule has 0 spiro atoms. The number of thiazole rings is 1. The molecule has 0 aliphatic carbocycles. The third kappa shape index (κ3) is 4.31. The van der Waals surface area contributed by atoms with Gasteiger partial charge in [-0.25, -0.2) is 4.98 Å². The fourth-order valence-corrected chi connectivity index (χ4v) is 6.45. The highest BCUT2D eigenvalue weighted by Gasteiger charge is 2.48. The first-order valence-electron chi connectivity index (χ1n) is 13.1. The topological polar surface area (TPSA) is 79.7 Å². The van der Waals surface area contributed by atoms with Crippen LogP contribution in [-0.2, 0) is 21.4 Å². The Morgan fingerprint density at radius 1 is 1.05 bits per heavy atom. The normalized spacial score (nSPS) is 20.5. The summed E-state index contributed by atoms with van der Waals surface area (Å²) in [7, 11) is 0. The van der Waals surface area contributed by atoms with Crippen molar-refractivity contribution in [3.05, 3.63) is 94.1 Å². The summed E-state index contributed by atoms with van der Waals surface area (Å²) in [5.41, 5.74) is 5.17. The molecule has 1 N–H and O–H groups in total. The minimum absolute atomic E-state index is 0.0481. The number of amides is 1. The van der Waals surface area contributed by atoms with Crippen molar-refractivity contribution in [1.29, 1.82) is 0 Å². The first-order chi connectivity index (χ1) is 18.5. The Hall–Kier alpha value is -3.97. The summed E-state index contributed by atoms with van der Waals surface area (Å²) >= 11 is 1.37. The van der Waals surface area contributed by atoms with Gasteiger partial charge in [0, 0.05) is 12.0 Å². The summed E-state index contributed by atoms with van der Waals surface area (Å²) < 4.78 is 6.74. The Morgan fingerprint density at radius 2 is 1.79 bits per heavy atom. The number of hydrogen-bond acceptors (Lipinski definition) is 6. The van der Waals surface area contributed by atoms with E-state index in [1.807, 2.05) is 68.4 Å². The summed E-state index contributed by atoms with van der Waals surface area (Å²) in [6.07, 6.45) is 0.764. The van der Waals surface area contributed by atoms with Gasteiger partial charge >= 0.3 is 5.91 Å². The first kappa shape index (κ1) is 25.3. The molecule has 39 heavy (non-hydrogen) atoms. The Kier molecular flexibility index (Phi) is 5.88. The third-order valence-electron chi connectivity index (χ3n) is 7.45. The van der Waals surface area contributed by atoms with Gasteiger partial charge in [0.2, 0.25) is 0 Å². The van der Waals surface area contributed by atoms with Gasteiger partial charge < -0.3 is 9.84 Å². The number of nitrogens with zero attached hydrogens (tertiary/aromatic N) is 2. The molecule has 6 nitrogen and oxygen atoms in total. The maximum absolute atomic E-state index is 13.6. The van der Waals surface area contributed by atoms with Crippen LogP contribution < -0.4 is 9.64 Å². The maximum atomic E-state index is 13.6. The molecule has 3 aromatic carbocycles. The van der Waals surface area contributed by atoms with Crippen molar-refractivity contribution in [1.82, 2.24) is 4.98 Å². The Balaban J connectivity index is 1.53. The SMILES string of the molecule is Cc1ccc2nc(N3C(=O)C(=O)/C(=C(/O)c4ccc5c(c4)C[C@H](C)O5)[C@H]3c3ccc(C(C)(C)C)cc3)sc2c1. The molecule has 1 saturated heterocycles. The molecule has 2 aliphatic heterocycles. The molecule has 1 fully saturated rings. The van der Waals surface area contributed by atoms with E-state index in [0.29, 0.717) is 17.1 Å². The van der Waals surface area contributed by atoms with Crippen molar-refractivity contribution < 1.29 is 19.4 Å². The Morgan fingerprint density at radius 3 is 2.51 bits per heavy atom. The van der Waals surface area contributed by atoms with Gasteiger partial charge in [0.15, 0.2) is 5.13 Å². The molecule has 0 unspecified atom stereocenters. The number of rotatable bonds is 3. The van der Waals surface area contributed by atoms with E-state index in [2.05, 4.69) is 20.8 Å². The number of benzene rings is 3. The first-order valence-corrected chi connectivity index (χ1v) is 13.9. The molecule has 1 amide bonds. The second-order valence-electron chi connectivity index (χ2n) is 11.5. The van der Waals surface area contributed by atoms with E-state index >= 15 is 0 Å². The second-order valence-corrected chi connectivity index (χ2v) is 12.5. The molecule has 2 atom stereocenters. The lowest BCUT2D eigenvalue weighted by Crippen LogP contribution is -2.29. The predicted octanol–water partition coefficient (Wildman–Crippen LogP) is 6.85. The summed E-state index contributed by atoms with van der Waals surface area (Å²) in [6, 6.07) is 18.4. The van der Waals surface area contributed by atoms with Crippen LogP contribution in [-0.4, -0.2) is 27.9 Å². The zero-order valence-corrected chi connectivity index (χ0v) is 23.4. The van der Waals surface area contributed by atoms with Crippen LogP contribution in [0, 0.1) is 6.92 Å². The lowest BCUT2D eigenvalue weighted by Gasteiger charge is -2.24. The third-order valence-corrected chi connectivity index (χ3v) is 8.46. The number of anilines is 1. The van der Waals surface area contributed by atoms with Crippen molar-refractivity contribution in [2.24, 2.45) is 0 Å². The molecule has 0 bridgehead atoms. The zero-order valence-electron chi connectivity index (χ0n) is 22.6. The van der Waals surface area contributed by atoms with E-state index in [4.69, 9.17) is 9.72 Å². The smallest absolute Gasteiger partial charge is 0.301 e. The molecule has 198 valence electrons. The fourth-order valence-electron chi connectivity index (χ4n) is 5.36. The van der Waals surface area contributed by atoms with Crippen LogP contribution in [0.5, 0.6) is 5.75 Å². The largest absolute Gasteiger partial charge is 0.507 e. The van der Waals surface area contributed by atoms with Gasteiger partial charge in [-0.2, -0.15) is 0 Å². The van der Waals surface area contributed by atoms with Crippen LogP contribution in [0.4, 0.5) is 5.13 Å². The van der Waals surface area contributed by atoms with Gasteiger partial charge in [-0.3, -0.25) is 14.5 Å². The second kappa shape index (κ2) is 9.06. The molecular formula is C32H30N2O4S. The lowest BCUT2D eigenvalue weighted by molar-refractivity contribution is -0.132. The number of fused-ring (bicyclic) bond motifs is 2. The molecule has 6 rings (SSSR count). The van der Waals surface area contributed by atoms with Gasteiger partial charge in [-0.1, -0.05) is 62.4 Å². The van der Waals surface area contributed by atoms with E-state index in [0.717, 1.165) is 38.2 Å². The minimum atomic E-state index is -0.816. The van der Waals surface area contributed by atoms with E-state index in [-0.39, 0.29) is 22.9 Å². The summed E-state index contributed by atoms with van der Waals surface area (Å²) in [4.78, 5) is 33.4. The van der Waals surface area contributed by atoms with Crippen LogP contribution >= 0.6 is 11.3 Å². The van der Waals surface area contributed by atoms with Crippen molar-refractivity contribution >= 4 is 44.1 Å². The Bertz CT molecular complexity index is 1680. The van der Waals surface area contributed by atoms with Gasteiger partial charge in [-0.15, -0.1) is 0 Å². The van der Waals surface area contributed by atoms with E-state index < -0.39 is 17.7 Å². The lowest BCUT2D eigenvalue weighted by atomic mass is 9.85. The number of hydrogen-bond donors (Lipinski definition) is 1. The number of aliphatic hydroxyl groups is 1. The van der Waals surface area contributed by atoms with Crippen molar-refractivity contribution in [2.45, 2.75) is 58.6 Å². The number of ketones is 1. The molecule has 4 aromatic rings.